The zero-order chi connectivity index (χ0) is 17.3. The SMILES string of the molecule is CC(=O)[C@H]1[C@H](C)C[C@H]2[C@@H]3CC[C@H]4C[C@H](O)CC[C@]4(C)[C@H]3CC[C@@]21C. The Hall–Kier alpha value is -0.370. The van der Waals surface area contributed by atoms with Gasteiger partial charge in [-0.1, -0.05) is 20.8 Å². The van der Waals surface area contributed by atoms with E-state index >= 15 is 0 Å². The lowest BCUT2D eigenvalue weighted by molar-refractivity contribution is -0.139. The topological polar surface area (TPSA) is 37.3 Å². The van der Waals surface area contributed by atoms with E-state index in [2.05, 4.69) is 20.8 Å². The highest BCUT2D eigenvalue weighted by atomic mass is 16.3. The van der Waals surface area contributed by atoms with Crippen molar-refractivity contribution in [3.63, 3.8) is 0 Å². The van der Waals surface area contributed by atoms with Gasteiger partial charge in [-0.25, -0.2) is 0 Å². The number of ketones is 1. The summed E-state index contributed by atoms with van der Waals surface area (Å²) in [7, 11) is 0. The summed E-state index contributed by atoms with van der Waals surface area (Å²) in [5.74, 6) is 4.44. The van der Waals surface area contributed by atoms with E-state index in [1.54, 1.807) is 0 Å². The molecule has 0 saturated heterocycles. The molecule has 0 spiro atoms. The number of hydrogen-bond donors (Lipinski definition) is 1. The van der Waals surface area contributed by atoms with Crippen LogP contribution in [0.25, 0.3) is 0 Å². The highest BCUT2D eigenvalue weighted by Gasteiger charge is 2.62. The lowest BCUT2D eigenvalue weighted by atomic mass is 9.44. The molecule has 4 aliphatic carbocycles. The Morgan fingerprint density at radius 1 is 0.958 bits per heavy atom. The van der Waals surface area contributed by atoms with Crippen molar-refractivity contribution in [2.24, 2.45) is 46.3 Å². The van der Waals surface area contributed by atoms with Crippen molar-refractivity contribution in [1.29, 1.82) is 0 Å². The Labute approximate surface area is 147 Å². The quantitative estimate of drug-likeness (QED) is 0.746. The predicted octanol–water partition coefficient (Wildman–Crippen LogP) is 4.84. The van der Waals surface area contributed by atoms with Crippen LogP contribution in [0.4, 0.5) is 0 Å². The highest BCUT2D eigenvalue weighted by Crippen LogP contribution is 2.68. The van der Waals surface area contributed by atoms with Gasteiger partial charge in [0.15, 0.2) is 0 Å². The maximum Gasteiger partial charge on any atom is 0.133 e. The largest absolute Gasteiger partial charge is 0.393 e. The van der Waals surface area contributed by atoms with E-state index < -0.39 is 0 Å². The lowest BCUT2D eigenvalue weighted by Crippen LogP contribution is -2.54. The number of aliphatic hydroxyl groups excluding tert-OH is 1. The fraction of sp³-hybridized carbons (Fsp3) is 0.955. The first-order valence-corrected chi connectivity index (χ1v) is 10.5. The smallest absolute Gasteiger partial charge is 0.133 e. The van der Waals surface area contributed by atoms with Gasteiger partial charge in [0.1, 0.15) is 5.78 Å². The van der Waals surface area contributed by atoms with Crippen molar-refractivity contribution in [3.8, 4) is 0 Å². The third kappa shape index (κ3) is 2.20. The summed E-state index contributed by atoms with van der Waals surface area (Å²) in [5, 5.41) is 10.1. The van der Waals surface area contributed by atoms with Crippen molar-refractivity contribution in [3.05, 3.63) is 0 Å². The summed E-state index contributed by atoms with van der Waals surface area (Å²) < 4.78 is 0. The molecule has 0 radical (unpaired) electrons. The van der Waals surface area contributed by atoms with Crippen LogP contribution in [-0.2, 0) is 4.79 Å². The molecule has 2 heteroatoms. The van der Waals surface area contributed by atoms with E-state index in [4.69, 9.17) is 0 Å². The number of Topliss-reactive ketones (excluding diaryl/α,β-unsaturated/α-hetero) is 1. The van der Waals surface area contributed by atoms with Crippen LogP contribution in [0.3, 0.4) is 0 Å². The van der Waals surface area contributed by atoms with Gasteiger partial charge in [0.25, 0.3) is 0 Å². The summed E-state index contributed by atoms with van der Waals surface area (Å²) in [6, 6.07) is 0. The zero-order valence-electron chi connectivity index (χ0n) is 16.1. The molecule has 1 N–H and O–H groups in total. The second kappa shape index (κ2) is 5.56. The monoisotopic (exact) mass is 332 g/mol. The molecule has 0 aliphatic heterocycles. The number of fused-ring (bicyclic) bond motifs is 5. The number of carbonyl (C=O) groups is 1. The summed E-state index contributed by atoms with van der Waals surface area (Å²) in [4.78, 5) is 12.4. The van der Waals surface area contributed by atoms with Gasteiger partial charge in [-0.2, -0.15) is 0 Å². The molecule has 0 aromatic heterocycles. The van der Waals surface area contributed by atoms with Crippen LogP contribution in [0.1, 0.15) is 79.1 Å². The van der Waals surface area contributed by atoms with Gasteiger partial charge in [-0.3, -0.25) is 4.79 Å². The van der Waals surface area contributed by atoms with Crippen LogP contribution >= 0.6 is 0 Å². The Morgan fingerprint density at radius 2 is 1.67 bits per heavy atom. The Bertz CT molecular complexity index is 528. The summed E-state index contributed by atoms with van der Waals surface area (Å²) in [6.45, 7) is 9.16. The molecule has 0 aromatic carbocycles. The summed E-state index contributed by atoms with van der Waals surface area (Å²) in [6.07, 6.45) is 9.69. The third-order valence-electron chi connectivity index (χ3n) is 9.42. The molecule has 4 fully saturated rings. The second-order valence-corrected chi connectivity index (χ2v) is 10.4. The van der Waals surface area contributed by atoms with Crippen molar-refractivity contribution in [2.75, 3.05) is 0 Å². The Balaban J connectivity index is 1.64. The van der Waals surface area contributed by atoms with Crippen LogP contribution in [0.15, 0.2) is 0 Å². The first-order valence-electron chi connectivity index (χ1n) is 10.5. The van der Waals surface area contributed by atoms with Gasteiger partial charge in [-0.15, -0.1) is 0 Å². The normalized spacial score (nSPS) is 57.0. The number of hydrogen-bond acceptors (Lipinski definition) is 2. The lowest BCUT2D eigenvalue weighted by Gasteiger charge is -2.60. The standard InChI is InChI=1S/C22H36O2/c1-13-11-19-17-6-5-15-12-16(24)7-9-21(15,3)18(17)8-10-22(19,4)20(13)14(2)23/h13,15-20,24H,5-12H2,1-4H3/t13-,15+,16-,17-,18+,19+,20-,21+,22+/m1/s1. The van der Waals surface area contributed by atoms with E-state index in [0.717, 1.165) is 36.5 Å². The number of rotatable bonds is 1. The molecular weight excluding hydrogens is 296 g/mol. The van der Waals surface area contributed by atoms with Crippen molar-refractivity contribution >= 4 is 5.78 Å². The highest BCUT2D eigenvalue weighted by molar-refractivity contribution is 5.80. The van der Waals surface area contributed by atoms with E-state index in [0.29, 0.717) is 23.0 Å². The minimum Gasteiger partial charge on any atom is -0.393 e. The predicted molar refractivity (Wildman–Crippen MR) is 96.5 cm³/mol. The second-order valence-electron chi connectivity index (χ2n) is 10.4. The molecule has 136 valence electrons. The van der Waals surface area contributed by atoms with Crippen LogP contribution in [-0.4, -0.2) is 17.0 Å². The molecule has 0 heterocycles. The molecule has 9 atom stereocenters. The van der Waals surface area contributed by atoms with E-state index in [1.807, 2.05) is 6.92 Å². The van der Waals surface area contributed by atoms with Crippen LogP contribution in [0.2, 0.25) is 0 Å². The molecule has 2 nitrogen and oxygen atoms in total. The molecule has 4 aliphatic rings. The summed E-state index contributed by atoms with van der Waals surface area (Å²) in [5.41, 5.74) is 0.699. The molecule has 4 saturated carbocycles. The maximum atomic E-state index is 12.4. The van der Waals surface area contributed by atoms with Gasteiger partial charge >= 0.3 is 0 Å². The Kier molecular flexibility index (Phi) is 3.95. The maximum absolute atomic E-state index is 12.4. The minimum absolute atomic E-state index is 0.0536. The zero-order valence-corrected chi connectivity index (χ0v) is 16.1. The fourth-order valence-corrected chi connectivity index (χ4v) is 8.46. The van der Waals surface area contributed by atoms with Crippen molar-refractivity contribution in [1.82, 2.24) is 0 Å². The first kappa shape index (κ1) is 17.1. The van der Waals surface area contributed by atoms with E-state index in [1.165, 1.54) is 38.5 Å². The van der Waals surface area contributed by atoms with E-state index in [-0.39, 0.29) is 11.5 Å². The molecule has 0 aromatic rings. The molecule has 0 bridgehead atoms. The molecule has 0 unspecified atom stereocenters. The minimum atomic E-state index is -0.0536. The van der Waals surface area contributed by atoms with Crippen LogP contribution in [0.5, 0.6) is 0 Å². The fourth-order valence-electron chi connectivity index (χ4n) is 8.46. The van der Waals surface area contributed by atoms with Crippen LogP contribution < -0.4 is 0 Å². The average Bonchev–Trinajstić information content (AvgIpc) is 2.78. The number of carbonyl (C=O) groups excluding carboxylic acids is 1. The van der Waals surface area contributed by atoms with Crippen molar-refractivity contribution < 1.29 is 9.90 Å². The molecule has 24 heavy (non-hydrogen) atoms. The molecule has 4 rings (SSSR count). The summed E-state index contributed by atoms with van der Waals surface area (Å²) >= 11 is 0. The van der Waals surface area contributed by atoms with Gasteiger partial charge in [-0.05, 0) is 98.7 Å². The third-order valence-corrected chi connectivity index (χ3v) is 9.42. The van der Waals surface area contributed by atoms with E-state index in [9.17, 15) is 9.90 Å². The van der Waals surface area contributed by atoms with Gasteiger partial charge in [0.2, 0.25) is 0 Å². The van der Waals surface area contributed by atoms with Gasteiger partial charge in [0, 0.05) is 5.92 Å². The molecular formula is C22H36O2. The van der Waals surface area contributed by atoms with Crippen LogP contribution in [0, 0.1) is 46.3 Å². The van der Waals surface area contributed by atoms with Crippen molar-refractivity contribution in [2.45, 2.75) is 85.2 Å². The Morgan fingerprint density at radius 3 is 2.38 bits per heavy atom. The first-order chi connectivity index (χ1) is 11.3. The van der Waals surface area contributed by atoms with Gasteiger partial charge < -0.3 is 5.11 Å². The number of aliphatic hydroxyl groups is 1. The van der Waals surface area contributed by atoms with Gasteiger partial charge in [0.05, 0.1) is 6.10 Å². The molecule has 0 amide bonds. The average molecular weight is 333 g/mol.